The molecule has 0 spiro atoms. The smallest absolute Gasteiger partial charge is 0.309 e. The molecule has 0 unspecified atom stereocenters. The van der Waals surface area contributed by atoms with Gasteiger partial charge in [0.1, 0.15) is 6.07 Å². The summed E-state index contributed by atoms with van der Waals surface area (Å²) >= 11 is 0. The minimum atomic E-state index is -4.80. The van der Waals surface area contributed by atoms with Crippen LogP contribution in [-0.2, 0) is 18.5 Å². The average molecular weight is 1290 g/mol. The Labute approximate surface area is 544 Å². The van der Waals surface area contributed by atoms with E-state index in [1.54, 1.807) is 72.8 Å². The van der Waals surface area contributed by atoms with Crippen molar-refractivity contribution in [2.24, 2.45) is 0 Å². The molecule has 5 heterocycles. The number of nitrogens with zero attached hydrogens (tertiary/aromatic N) is 6. The topological polar surface area (TPSA) is 48.4 Å². The third kappa shape index (κ3) is 8.55. The molecule has 18 aromatic rings. The number of hydrogen-bond donors (Lipinski definition) is 0. The molecule has 0 saturated carbocycles. The lowest BCUT2D eigenvalue weighted by molar-refractivity contribution is -0.138. The van der Waals surface area contributed by atoms with Crippen LogP contribution in [0.15, 0.2) is 273 Å². The zero-order chi connectivity index (χ0) is 66.0. The van der Waals surface area contributed by atoms with Crippen LogP contribution in [0.1, 0.15) is 22.3 Å². The summed E-state index contributed by atoms with van der Waals surface area (Å²) in [6.07, 6.45) is -14.4. The van der Waals surface area contributed by atoms with Crippen LogP contribution in [0, 0.1) is 11.3 Å². The van der Waals surface area contributed by atoms with E-state index < -0.39 is 35.2 Å². The molecule has 5 aromatic heterocycles. The van der Waals surface area contributed by atoms with E-state index >= 15 is 39.5 Å². The fraction of sp³-hybridized carbons (Fsp3) is 0.0366. The highest BCUT2D eigenvalue weighted by molar-refractivity contribution is 6.17. The van der Waals surface area contributed by atoms with Crippen LogP contribution >= 0.6 is 0 Å². The first kappa shape index (κ1) is 57.4. The van der Waals surface area contributed by atoms with Crippen molar-refractivity contribution in [1.82, 2.24) is 22.8 Å². The number of rotatable bonds is 7. The molecule has 97 heavy (non-hydrogen) atoms. The fourth-order valence-electron chi connectivity index (χ4n) is 15.2. The molecule has 18 rings (SSSR count). The summed E-state index contributed by atoms with van der Waals surface area (Å²) < 4.78 is 147. The van der Waals surface area contributed by atoms with Crippen molar-refractivity contribution >= 4 is 109 Å². The summed E-state index contributed by atoms with van der Waals surface area (Å²) in [5, 5.41) is 18.6. The van der Waals surface area contributed by atoms with Gasteiger partial charge in [-0.05, 0) is 132 Å². The number of nitriles is 1. The monoisotopic (exact) mass is 1280 g/mol. The minimum absolute atomic E-state index is 0.0544. The van der Waals surface area contributed by atoms with Crippen molar-refractivity contribution in [3.8, 4) is 56.8 Å². The number of halogens is 9. The Morgan fingerprint density at radius 1 is 0.237 bits per heavy atom. The van der Waals surface area contributed by atoms with Crippen molar-refractivity contribution < 1.29 is 39.5 Å². The lowest BCUT2D eigenvalue weighted by atomic mass is 9.87. The molecule has 0 bridgehead atoms. The standard InChI is InChI=1S/C82H45F9N6/c83-80(84,85)49-33-40-72-61(43-49)58-19-5-12-26-69(58)95(72)77-75(47-29-36-52(37-30-47)93-65-22-8-1-15-54(65)55-16-2-9-23-66(55)93)64(46-92)76(48-31-38-53(39-32-48)94-67-24-10-3-17-56(67)57-18-4-11-25-68(57)94)78(96-70-27-13-6-20-59(70)62-44-50(81(86,87)88)34-41-73(62)96)79(77)97-71-28-14-7-21-60(71)63-45-51(82(89,90)91)35-42-74(63)97/h1-45H. The third-order valence-electron chi connectivity index (χ3n) is 19.2. The Hall–Kier alpha value is -12.3. The van der Waals surface area contributed by atoms with Gasteiger partial charge in [0.2, 0.25) is 0 Å². The summed E-state index contributed by atoms with van der Waals surface area (Å²) in [6.45, 7) is 0. The number of benzene rings is 13. The first-order chi connectivity index (χ1) is 47.0. The van der Waals surface area contributed by atoms with E-state index in [0.29, 0.717) is 43.8 Å². The maximum absolute atomic E-state index is 15.3. The van der Waals surface area contributed by atoms with Crippen LogP contribution in [0.4, 0.5) is 39.5 Å². The van der Waals surface area contributed by atoms with Gasteiger partial charge in [-0.2, -0.15) is 44.8 Å². The second-order valence-corrected chi connectivity index (χ2v) is 24.4. The molecular formula is C82H45F9N6. The molecule has 13 aromatic carbocycles. The summed E-state index contributed by atoms with van der Waals surface area (Å²) in [5.74, 6) is 0. The Balaban J connectivity index is 1.08. The molecule has 0 saturated heterocycles. The SMILES string of the molecule is N#Cc1c(-c2ccc(-n3c4ccccc4c4ccccc43)cc2)c(-n2c3ccccc3c3cc(C(F)(F)F)ccc32)c(-n2c3ccccc3c3cc(C(F)(F)F)ccc32)c(-n2c3ccccc3c3cc(C(F)(F)F)ccc32)c1-c1ccc(-n2c3ccccc3c3ccccc32)cc1. The van der Waals surface area contributed by atoms with Crippen LogP contribution in [-0.4, -0.2) is 22.8 Å². The van der Waals surface area contributed by atoms with E-state index in [1.807, 2.05) is 135 Å². The fourth-order valence-corrected chi connectivity index (χ4v) is 15.2. The highest BCUT2D eigenvalue weighted by atomic mass is 19.4. The Bertz CT molecular complexity index is 5980. The van der Waals surface area contributed by atoms with Crippen LogP contribution in [0.5, 0.6) is 0 Å². The van der Waals surface area contributed by atoms with Crippen molar-refractivity contribution in [2.75, 3.05) is 0 Å². The van der Waals surface area contributed by atoms with Gasteiger partial charge in [-0.15, -0.1) is 0 Å². The van der Waals surface area contributed by atoms with Gasteiger partial charge in [0.05, 0.1) is 94.5 Å². The first-order valence-corrected chi connectivity index (χ1v) is 31.2. The van der Waals surface area contributed by atoms with E-state index in [2.05, 4.69) is 39.5 Å². The van der Waals surface area contributed by atoms with Gasteiger partial charge in [0, 0.05) is 76.4 Å². The molecule has 0 aliphatic carbocycles. The number of hydrogen-bond acceptors (Lipinski definition) is 1. The highest BCUT2D eigenvalue weighted by Gasteiger charge is 2.38. The molecule has 15 heteroatoms. The Kier molecular flexibility index (Phi) is 12.3. The Morgan fingerprint density at radius 2 is 0.464 bits per heavy atom. The van der Waals surface area contributed by atoms with Gasteiger partial charge in [-0.3, -0.25) is 0 Å². The summed E-state index contributed by atoms with van der Waals surface area (Å²) in [6, 6.07) is 81.6. The molecule has 0 atom stereocenters. The quantitative estimate of drug-likeness (QED) is 0.147. The van der Waals surface area contributed by atoms with Crippen molar-refractivity contribution in [1.29, 1.82) is 5.26 Å². The molecule has 6 nitrogen and oxygen atoms in total. The van der Waals surface area contributed by atoms with E-state index in [-0.39, 0.29) is 66.5 Å². The van der Waals surface area contributed by atoms with E-state index in [9.17, 15) is 5.26 Å². The van der Waals surface area contributed by atoms with Gasteiger partial charge in [-0.25, -0.2) is 0 Å². The largest absolute Gasteiger partial charge is 0.416 e. The minimum Gasteiger partial charge on any atom is -0.309 e. The van der Waals surface area contributed by atoms with E-state index in [0.717, 1.165) is 91.4 Å². The zero-order valence-corrected chi connectivity index (χ0v) is 50.6. The average Bonchev–Trinajstić information content (AvgIpc) is 1.59. The predicted molar refractivity (Wildman–Crippen MR) is 369 cm³/mol. The molecular weight excluding hydrogens is 1240 g/mol. The first-order valence-electron chi connectivity index (χ1n) is 31.2. The molecule has 0 fully saturated rings. The maximum Gasteiger partial charge on any atom is 0.416 e. The van der Waals surface area contributed by atoms with Crippen molar-refractivity contribution in [3.63, 3.8) is 0 Å². The van der Waals surface area contributed by atoms with Gasteiger partial charge >= 0.3 is 18.5 Å². The molecule has 0 N–H and O–H groups in total. The third-order valence-corrected chi connectivity index (χ3v) is 19.2. The van der Waals surface area contributed by atoms with Gasteiger partial charge in [0.25, 0.3) is 0 Å². The number of alkyl halides is 9. The lowest BCUT2D eigenvalue weighted by Gasteiger charge is -2.29. The predicted octanol–water partition coefficient (Wildman–Crippen LogP) is 23.4. The highest BCUT2D eigenvalue weighted by Crippen LogP contribution is 2.53. The van der Waals surface area contributed by atoms with Gasteiger partial charge < -0.3 is 22.8 Å². The molecule has 466 valence electrons. The molecule has 0 aliphatic rings. The molecule has 0 aliphatic heterocycles. The second-order valence-electron chi connectivity index (χ2n) is 24.4. The zero-order valence-electron chi connectivity index (χ0n) is 50.6. The number of aromatic nitrogens is 5. The van der Waals surface area contributed by atoms with Gasteiger partial charge in [-0.1, -0.05) is 152 Å². The van der Waals surface area contributed by atoms with E-state index in [1.165, 1.54) is 18.2 Å². The molecule has 0 amide bonds. The van der Waals surface area contributed by atoms with Crippen LogP contribution in [0.3, 0.4) is 0 Å². The van der Waals surface area contributed by atoms with Crippen LogP contribution < -0.4 is 0 Å². The number of para-hydroxylation sites is 7. The second kappa shape index (κ2) is 20.9. The van der Waals surface area contributed by atoms with Gasteiger partial charge in [0.15, 0.2) is 0 Å². The number of fused-ring (bicyclic) bond motifs is 15. The summed E-state index contributed by atoms with van der Waals surface area (Å²) in [7, 11) is 0. The van der Waals surface area contributed by atoms with Crippen LogP contribution in [0.25, 0.3) is 160 Å². The normalized spacial score (nSPS) is 12.6. The lowest BCUT2D eigenvalue weighted by Crippen LogP contribution is -2.14. The van der Waals surface area contributed by atoms with E-state index in [4.69, 9.17) is 0 Å². The Morgan fingerprint density at radius 3 is 0.722 bits per heavy atom. The molecule has 0 radical (unpaired) electrons. The summed E-state index contributed by atoms with van der Waals surface area (Å²) in [5.41, 5.74) is 6.59. The maximum atomic E-state index is 15.3. The summed E-state index contributed by atoms with van der Waals surface area (Å²) in [4.78, 5) is 0. The van der Waals surface area contributed by atoms with Crippen molar-refractivity contribution in [2.45, 2.75) is 18.5 Å². The van der Waals surface area contributed by atoms with Crippen LogP contribution in [0.2, 0.25) is 0 Å². The van der Waals surface area contributed by atoms with Crippen molar-refractivity contribution in [3.05, 3.63) is 295 Å².